The van der Waals surface area contributed by atoms with Crippen LogP contribution in [0.1, 0.15) is 33.6 Å². The topological polar surface area (TPSA) is 66.0 Å². The van der Waals surface area contributed by atoms with E-state index in [-0.39, 0.29) is 36.2 Å². The molecule has 146 valence electrons. The van der Waals surface area contributed by atoms with Gasteiger partial charge in [-0.1, -0.05) is 26.0 Å². The van der Waals surface area contributed by atoms with Crippen molar-refractivity contribution in [2.24, 2.45) is 4.99 Å². The number of likely N-dealkylation sites (N-methyl/N-ethyl adjacent to an activating group) is 1. The smallest absolute Gasteiger partial charge is 0.243 e. The average molecular weight is 366 g/mol. The molecule has 0 aromatic heterocycles. The van der Waals surface area contributed by atoms with Crippen LogP contribution >= 0.6 is 0 Å². The molecule has 26 heavy (non-hydrogen) atoms. The van der Waals surface area contributed by atoms with Gasteiger partial charge in [0.25, 0.3) is 0 Å². The molecular formula is C19H31FN4O2. The number of halogens is 1. The molecule has 2 N–H and O–H groups in total. The van der Waals surface area contributed by atoms with Crippen molar-refractivity contribution in [1.82, 2.24) is 15.5 Å². The Labute approximate surface area is 155 Å². The van der Waals surface area contributed by atoms with Gasteiger partial charge < -0.3 is 20.3 Å². The first-order valence-electron chi connectivity index (χ1n) is 9.03. The van der Waals surface area contributed by atoms with E-state index >= 15 is 0 Å². The van der Waals surface area contributed by atoms with Crippen molar-refractivity contribution in [2.45, 2.75) is 45.8 Å². The van der Waals surface area contributed by atoms with Gasteiger partial charge in [0.1, 0.15) is 12.6 Å². The fourth-order valence-electron chi connectivity index (χ4n) is 1.98. The highest BCUT2D eigenvalue weighted by molar-refractivity contribution is 5.84. The van der Waals surface area contributed by atoms with Crippen molar-refractivity contribution in [3.63, 3.8) is 0 Å². The molecule has 6 nitrogen and oxygen atoms in total. The summed E-state index contributed by atoms with van der Waals surface area (Å²) in [6.07, 6.45) is 1.40. The van der Waals surface area contributed by atoms with Crippen molar-refractivity contribution in [3.8, 4) is 5.75 Å². The van der Waals surface area contributed by atoms with Crippen LogP contribution in [0.4, 0.5) is 4.39 Å². The number of nitrogens with zero attached hydrogens (tertiary/aromatic N) is 2. The van der Waals surface area contributed by atoms with Crippen molar-refractivity contribution >= 4 is 11.9 Å². The molecule has 0 aliphatic rings. The molecule has 2 atom stereocenters. The van der Waals surface area contributed by atoms with E-state index in [9.17, 15) is 9.18 Å². The lowest BCUT2D eigenvalue weighted by molar-refractivity contribution is -0.127. The van der Waals surface area contributed by atoms with Gasteiger partial charge >= 0.3 is 0 Å². The van der Waals surface area contributed by atoms with E-state index in [1.807, 2.05) is 13.8 Å². The minimum atomic E-state index is -0.380. The summed E-state index contributed by atoms with van der Waals surface area (Å²) in [5.74, 6) is 0.321. The van der Waals surface area contributed by atoms with Crippen LogP contribution in [0.5, 0.6) is 5.75 Å². The molecule has 0 spiro atoms. The van der Waals surface area contributed by atoms with Crippen LogP contribution in [0.3, 0.4) is 0 Å². The number of para-hydroxylation sites is 1. The van der Waals surface area contributed by atoms with E-state index in [4.69, 9.17) is 4.74 Å². The molecule has 0 radical (unpaired) electrons. The maximum absolute atomic E-state index is 13.8. The Morgan fingerprint density at radius 1 is 1.27 bits per heavy atom. The summed E-state index contributed by atoms with van der Waals surface area (Å²) in [6.45, 7) is 6.59. The maximum atomic E-state index is 13.8. The van der Waals surface area contributed by atoms with Crippen LogP contribution in [0, 0.1) is 5.82 Å². The number of nitrogens with one attached hydrogen (secondary N) is 2. The molecular weight excluding hydrogens is 335 g/mol. The van der Waals surface area contributed by atoms with Gasteiger partial charge in [-0.15, -0.1) is 0 Å². The molecule has 2 unspecified atom stereocenters. The molecule has 0 bridgehead atoms. The maximum Gasteiger partial charge on any atom is 0.243 e. The molecule has 1 rings (SSSR count). The standard InChI is InChI=1S/C19H31FN4O2/c1-6-14(3)23-19(22-13-18(25)24(4)5)21-12-15(7-2)26-17-11-9-8-10-16(17)20/h8-11,14-15H,6-7,12-13H2,1-5H3,(H2,21,22,23). The van der Waals surface area contributed by atoms with Gasteiger partial charge in [0, 0.05) is 20.1 Å². The first-order valence-corrected chi connectivity index (χ1v) is 9.03. The van der Waals surface area contributed by atoms with E-state index in [1.54, 1.807) is 32.3 Å². The Kier molecular flexibility index (Phi) is 9.47. The summed E-state index contributed by atoms with van der Waals surface area (Å²) in [5, 5.41) is 6.44. The van der Waals surface area contributed by atoms with Crippen LogP contribution in [0.15, 0.2) is 29.3 Å². The zero-order valence-electron chi connectivity index (χ0n) is 16.4. The molecule has 0 heterocycles. The normalized spacial score (nSPS) is 13.7. The highest BCUT2D eigenvalue weighted by Crippen LogP contribution is 2.17. The number of amides is 1. The second-order valence-corrected chi connectivity index (χ2v) is 6.37. The summed E-state index contributed by atoms with van der Waals surface area (Å²) in [5.41, 5.74) is 0. The number of rotatable bonds is 9. The lowest BCUT2D eigenvalue weighted by atomic mass is 10.2. The van der Waals surface area contributed by atoms with Gasteiger partial charge in [-0.2, -0.15) is 0 Å². The quantitative estimate of drug-likeness (QED) is 0.520. The number of guanidine groups is 1. The first-order chi connectivity index (χ1) is 12.4. The Morgan fingerprint density at radius 3 is 2.54 bits per heavy atom. The predicted molar refractivity (Wildman–Crippen MR) is 103 cm³/mol. The van der Waals surface area contributed by atoms with Gasteiger partial charge in [0.15, 0.2) is 17.5 Å². The van der Waals surface area contributed by atoms with E-state index < -0.39 is 0 Å². The third-order valence-electron chi connectivity index (χ3n) is 3.95. The third kappa shape index (κ3) is 7.72. The molecule has 0 saturated heterocycles. The van der Waals surface area contributed by atoms with Crippen molar-refractivity contribution < 1.29 is 13.9 Å². The first kappa shape index (κ1) is 21.7. The summed E-state index contributed by atoms with van der Waals surface area (Å²) >= 11 is 0. The van der Waals surface area contributed by atoms with E-state index in [1.165, 1.54) is 11.0 Å². The molecule has 0 fully saturated rings. The third-order valence-corrected chi connectivity index (χ3v) is 3.95. The van der Waals surface area contributed by atoms with Crippen LogP contribution < -0.4 is 15.4 Å². The van der Waals surface area contributed by atoms with E-state index in [2.05, 4.69) is 22.5 Å². The number of benzene rings is 1. The van der Waals surface area contributed by atoms with Gasteiger partial charge in [-0.05, 0) is 31.9 Å². The van der Waals surface area contributed by atoms with Gasteiger partial charge in [0.2, 0.25) is 5.91 Å². The molecule has 1 aromatic rings. The second-order valence-electron chi connectivity index (χ2n) is 6.37. The Bertz CT molecular complexity index is 593. The Balaban J connectivity index is 2.71. The molecule has 0 aliphatic carbocycles. The number of hydrogen-bond acceptors (Lipinski definition) is 3. The van der Waals surface area contributed by atoms with Gasteiger partial charge in [0.05, 0.1) is 6.54 Å². The van der Waals surface area contributed by atoms with Crippen molar-refractivity contribution in [1.29, 1.82) is 0 Å². The summed E-state index contributed by atoms with van der Waals surface area (Å²) in [7, 11) is 3.39. The van der Waals surface area contributed by atoms with E-state index in [0.717, 1.165) is 6.42 Å². The summed E-state index contributed by atoms with van der Waals surface area (Å²) < 4.78 is 19.5. The van der Waals surface area contributed by atoms with Crippen LogP contribution in [-0.2, 0) is 4.79 Å². The van der Waals surface area contributed by atoms with Gasteiger partial charge in [-0.3, -0.25) is 4.79 Å². The van der Waals surface area contributed by atoms with E-state index in [0.29, 0.717) is 18.9 Å². The summed E-state index contributed by atoms with van der Waals surface area (Å²) in [6, 6.07) is 6.57. The van der Waals surface area contributed by atoms with Crippen LogP contribution in [0.2, 0.25) is 0 Å². The molecule has 1 aromatic carbocycles. The lowest BCUT2D eigenvalue weighted by Gasteiger charge is -2.22. The zero-order chi connectivity index (χ0) is 19.5. The van der Waals surface area contributed by atoms with Gasteiger partial charge in [-0.25, -0.2) is 9.38 Å². The lowest BCUT2D eigenvalue weighted by Crippen LogP contribution is -2.46. The number of carbonyl (C=O) groups excluding carboxylic acids is 1. The average Bonchev–Trinajstić information content (AvgIpc) is 2.63. The molecule has 0 aliphatic heterocycles. The number of aliphatic imine (C=N–C) groups is 1. The number of hydrogen-bond donors (Lipinski definition) is 2. The van der Waals surface area contributed by atoms with Crippen LogP contribution in [0.25, 0.3) is 0 Å². The van der Waals surface area contributed by atoms with Crippen molar-refractivity contribution in [2.75, 3.05) is 27.2 Å². The highest BCUT2D eigenvalue weighted by atomic mass is 19.1. The fraction of sp³-hybridized carbons (Fsp3) is 0.579. The fourth-order valence-corrected chi connectivity index (χ4v) is 1.98. The predicted octanol–water partition coefficient (Wildman–Crippen LogP) is 2.41. The Morgan fingerprint density at radius 2 is 1.96 bits per heavy atom. The summed E-state index contributed by atoms with van der Waals surface area (Å²) in [4.78, 5) is 17.6. The number of carbonyl (C=O) groups is 1. The van der Waals surface area contributed by atoms with Crippen LogP contribution in [-0.4, -0.2) is 56.1 Å². The second kappa shape index (κ2) is 11.3. The highest BCUT2D eigenvalue weighted by Gasteiger charge is 2.13. The minimum absolute atomic E-state index is 0.0593. The molecule has 0 saturated carbocycles. The zero-order valence-corrected chi connectivity index (χ0v) is 16.4. The largest absolute Gasteiger partial charge is 0.486 e. The van der Waals surface area contributed by atoms with Crippen molar-refractivity contribution in [3.05, 3.63) is 30.1 Å². The SMILES string of the molecule is CCC(C)NC(=NCC(=O)N(C)C)NCC(CC)Oc1ccccc1F. The number of ether oxygens (including phenoxy) is 1. The molecule has 7 heteroatoms. The Hall–Kier alpha value is -2.31. The minimum Gasteiger partial charge on any atom is -0.486 e. The monoisotopic (exact) mass is 366 g/mol. The molecule has 1 amide bonds.